The second kappa shape index (κ2) is 6.86. The minimum atomic E-state index is -3.46. The van der Waals surface area contributed by atoms with E-state index in [1.165, 1.54) is 7.11 Å². The van der Waals surface area contributed by atoms with Crippen molar-refractivity contribution in [2.45, 2.75) is 10.6 Å². The number of methoxy groups -OCH3 is 1. The van der Waals surface area contributed by atoms with Gasteiger partial charge >= 0.3 is 5.97 Å². The van der Waals surface area contributed by atoms with Crippen molar-refractivity contribution in [2.24, 2.45) is 0 Å². The van der Waals surface area contributed by atoms with Gasteiger partial charge in [0.25, 0.3) is 0 Å². The topological polar surface area (TPSA) is 72.5 Å². The number of esters is 1. The summed E-state index contributed by atoms with van der Waals surface area (Å²) in [6.07, 6.45) is 0. The summed E-state index contributed by atoms with van der Waals surface area (Å²) in [5, 5.41) is 0. The minimum Gasteiger partial charge on any atom is -0.468 e. The van der Waals surface area contributed by atoms with Gasteiger partial charge in [0.2, 0.25) is 10.0 Å². The van der Waals surface area contributed by atoms with E-state index in [1.807, 2.05) is 6.07 Å². The fourth-order valence-corrected chi connectivity index (χ4v) is 2.97. The third-order valence-electron chi connectivity index (χ3n) is 2.14. The number of hydrogen-bond donors (Lipinski definition) is 1. The predicted octanol–water partition coefficient (Wildman–Crippen LogP) is 1.04. The van der Waals surface area contributed by atoms with Crippen LogP contribution in [0.25, 0.3) is 0 Å². The lowest BCUT2D eigenvalue weighted by atomic mass is 10.2. The van der Waals surface area contributed by atoms with E-state index < -0.39 is 20.8 Å². The first kappa shape index (κ1) is 15.1. The van der Waals surface area contributed by atoms with Crippen molar-refractivity contribution in [2.75, 3.05) is 13.7 Å². The maximum atomic E-state index is 11.7. The highest BCUT2D eigenvalue weighted by Crippen LogP contribution is 2.06. The molecule has 0 saturated heterocycles. The molecule has 1 atom stereocenters. The lowest BCUT2D eigenvalue weighted by Crippen LogP contribution is -2.34. The molecule has 1 aromatic carbocycles. The largest absolute Gasteiger partial charge is 0.468 e. The molecule has 1 N–H and O–H groups in total. The molecule has 0 aromatic heterocycles. The highest BCUT2D eigenvalue weighted by atomic mass is 79.9. The maximum Gasteiger partial charge on any atom is 0.320 e. The molecule has 0 fully saturated rings. The monoisotopic (exact) mass is 335 g/mol. The standard InChI is InChI=1S/C11H14BrNO4S/c1-17-11(14)10(12)7-13-18(15,16)8-9-5-3-2-4-6-9/h2-6,10,13H,7-8H2,1H3. The highest BCUT2D eigenvalue weighted by Gasteiger charge is 2.19. The summed E-state index contributed by atoms with van der Waals surface area (Å²) < 4.78 is 30.3. The Balaban J connectivity index is 2.53. The number of carbonyl (C=O) groups excluding carboxylic acids is 1. The van der Waals surface area contributed by atoms with Gasteiger partial charge in [-0.1, -0.05) is 46.3 Å². The van der Waals surface area contributed by atoms with Gasteiger partial charge in [0.05, 0.1) is 12.9 Å². The summed E-state index contributed by atoms with van der Waals surface area (Å²) >= 11 is 3.04. The zero-order chi connectivity index (χ0) is 13.6. The molecular weight excluding hydrogens is 322 g/mol. The van der Waals surface area contributed by atoms with Crippen LogP contribution in [0.5, 0.6) is 0 Å². The second-order valence-corrected chi connectivity index (χ2v) is 6.50. The fraction of sp³-hybridized carbons (Fsp3) is 0.364. The average Bonchev–Trinajstić information content (AvgIpc) is 2.35. The quantitative estimate of drug-likeness (QED) is 0.622. The normalized spacial score (nSPS) is 13.0. The van der Waals surface area contributed by atoms with E-state index in [4.69, 9.17) is 0 Å². The van der Waals surface area contributed by atoms with Crippen molar-refractivity contribution in [1.29, 1.82) is 0 Å². The predicted molar refractivity (Wildman–Crippen MR) is 71.8 cm³/mol. The van der Waals surface area contributed by atoms with Crippen molar-refractivity contribution >= 4 is 31.9 Å². The molecule has 18 heavy (non-hydrogen) atoms. The molecule has 5 nitrogen and oxygen atoms in total. The molecule has 7 heteroatoms. The van der Waals surface area contributed by atoms with Gasteiger partial charge in [0.1, 0.15) is 4.83 Å². The average molecular weight is 336 g/mol. The number of hydrogen-bond acceptors (Lipinski definition) is 4. The van der Waals surface area contributed by atoms with E-state index in [1.54, 1.807) is 24.3 Å². The Morgan fingerprint density at radius 3 is 2.56 bits per heavy atom. The van der Waals surface area contributed by atoms with Crippen LogP contribution >= 0.6 is 15.9 Å². The van der Waals surface area contributed by atoms with Gasteiger partial charge in [-0.05, 0) is 5.56 Å². The number of halogens is 1. The summed E-state index contributed by atoms with van der Waals surface area (Å²) in [5.74, 6) is -0.633. The van der Waals surface area contributed by atoms with Gasteiger partial charge in [0, 0.05) is 6.54 Å². The summed E-state index contributed by atoms with van der Waals surface area (Å²) in [6, 6.07) is 8.81. The van der Waals surface area contributed by atoms with E-state index in [9.17, 15) is 13.2 Å². The van der Waals surface area contributed by atoms with Crippen molar-refractivity contribution in [3.63, 3.8) is 0 Å². The molecule has 0 aliphatic carbocycles. The lowest BCUT2D eigenvalue weighted by molar-refractivity contribution is -0.139. The lowest BCUT2D eigenvalue weighted by Gasteiger charge is -2.10. The Hall–Kier alpha value is -0.920. The summed E-state index contributed by atoms with van der Waals surface area (Å²) in [5.41, 5.74) is 0.689. The zero-order valence-electron chi connectivity index (χ0n) is 9.80. The minimum absolute atomic E-state index is 0.0398. The number of alkyl halides is 1. The first-order valence-electron chi connectivity index (χ1n) is 5.18. The van der Waals surface area contributed by atoms with Crippen LogP contribution in [0.3, 0.4) is 0 Å². The zero-order valence-corrected chi connectivity index (χ0v) is 12.2. The molecule has 0 aliphatic rings. The van der Waals surface area contributed by atoms with Gasteiger partial charge in [-0.15, -0.1) is 0 Å². The molecule has 1 aromatic rings. The Kier molecular flexibility index (Phi) is 5.77. The van der Waals surface area contributed by atoms with Crippen LogP contribution in [0.1, 0.15) is 5.56 Å². The molecule has 0 amide bonds. The first-order valence-corrected chi connectivity index (χ1v) is 7.74. The van der Waals surface area contributed by atoms with Crippen LogP contribution in [0.4, 0.5) is 0 Å². The number of rotatable bonds is 6. The van der Waals surface area contributed by atoms with Crippen LogP contribution in [0, 0.1) is 0 Å². The number of benzene rings is 1. The molecular formula is C11H14BrNO4S. The highest BCUT2D eigenvalue weighted by molar-refractivity contribution is 9.10. The third kappa shape index (κ3) is 5.16. The molecule has 0 saturated carbocycles. The molecule has 0 bridgehead atoms. The second-order valence-electron chi connectivity index (χ2n) is 3.58. The smallest absolute Gasteiger partial charge is 0.320 e. The van der Waals surface area contributed by atoms with E-state index in [0.717, 1.165) is 0 Å². The molecule has 0 spiro atoms. The molecule has 100 valence electrons. The fourth-order valence-electron chi connectivity index (χ4n) is 1.26. The van der Waals surface area contributed by atoms with Crippen molar-refractivity contribution < 1.29 is 17.9 Å². The Morgan fingerprint density at radius 1 is 1.39 bits per heavy atom. The molecule has 0 radical (unpaired) electrons. The number of ether oxygens (including phenoxy) is 1. The Bertz CT molecular complexity index is 489. The molecule has 1 unspecified atom stereocenters. The maximum absolute atomic E-state index is 11.7. The van der Waals surface area contributed by atoms with E-state index >= 15 is 0 Å². The summed E-state index contributed by atoms with van der Waals surface area (Å²) in [4.78, 5) is 10.4. The van der Waals surface area contributed by atoms with Crippen molar-refractivity contribution in [3.05, 3.63) is 35.9 Å². The van der Waals surface area contributed by atoms with Crippen molar-refractivity contribution in [3.8, 4) is 0 Å². The van der Waals surface area contributed by atoms with Crippen LogP contribution in [-0.2, 0) is 25.3 Å². The van der Waals surface area contributed by atoms with E-state index in [0.29, 0.717) is 5.56 Å². The van der Waals surface area contributed by atoms with Crippen LogP contribution in [0.15, 0.2) is 30.3 Å². The van der Waals surface area contributed by atoms with Gasteiger partial charge in [0.15, 0.2) is 0 Å². The van der Waals surface area contributed by atoms with Crippen molar-refractivity contribution in [1.82, 2.24) is 4.72 Å². The third-order valence-corrected chi connectivity index (χ3v) is 4.16. The van der Waals surface area contributed by atoms with Gasteiger partial charge in [-0.3, -0.25) is 4.79 Å². The van der Waals surface area contributed by atoms with E-state index in [2.05, 4.69) is 25.4 Å². The summed E-state index contributed by atoms with van der Waals surface area (Å²) in [7, 11) is -2.21. The van der Waals surface area contributed by atoms with Gasteiger partial charge < -0.3 is 4.74 Å². The summed E-state index contributed by atoms with van der Waals surface area (Å²) in [6.45, 7) is -0.0398. The number of sulfonamides is 1. The molecule has 0 aliphatic heterocycles. The SMILES string of the molecule is COC(=O)C(Br)CNS(=O)(=O)Cc1ccccc1. The number of nitrogens with one attached hydrogen (secondary N) is 1. The number of carbonyl (C=O) groups is 1. The van der Waals surface area contributed by atoms with Gasteiger partial charge in [-0.25, -0.2) is 13.1 Å². The van der Waals surface area contributed by atoms with Crippen LogP contribution in [0.2, 0.25) is 0 Å². The van der Waals surface area contributed by atoms with Crippen LogP contribution in [-0.4, -0.2) is 32.9 Å². The first-order chi connectivity index (χ1) is 8.44. The van der Waals surface area contributed by atoms with Crippen LogP contribution < -0.4 is 4.72 Å². The molecule has 1 rings (SSSR count). The van der Waals surface area contributed by atoms with E-state index in [-0.39, 0.29) is 12.3 Å². The van der Waals surface area contributed by atoms with Gasteiger partial charge in [-0.2, -0.15) is 0 Å². The Morgan fingerprint density at radius 2 is 2.00 bits per heavy atom. The molecule has 0 heterocycles. The Labute approximate surface area is 115 Å².